The van der Waals surface area contributed by atoms with Crippen molar-refractivity contribution in [2.75, 3.05) is 26.5 Å². The molecule has 1 amide bonds. The van der Waals surface area contributed by atoms with Gasteiger partial charge in [-0.1, -0.05) is 42.5 Å². The van der Waals surface area contributed by atoms with Gasteiger partial charge in [0, 0.05) is 21.1 Å². The Morgan fingerprint density at radius 1 is 1.09 bits per heavy atom. The van der Waals surface area contributed by atoms with E-state index in [1.807, 2.05) is 67.6 Å². The smallest absolute Gasteiger partial charge is 0.236 e. The number of pyridine rings is 1. The number of anilines is 1. The first-order chi connectivity index (χ1) is 16.1. The Hall–Kier alpha value is -2.91. The quantitative estimate of drug-likeness (QED) is 0.380. The molecule has 0 spiro atoms. The third-order valence-corrected chi connectivity index (χ3v) is 8.23. The van der Waals surface area contributed by atoms with Crippen molar-refractivity contribution in [3.05, 3.63) is 77.4 Å². The summed E-state index contributed by atoms with van der Waals surface area (Å²) in [7, 11) is 2.10. The third-order valence-electron chi connectivity index (χ3n) is 6.34. The van der Waals surface area contributed by atoms with E-state index >= 15 is 0 Å². The molecule has 7 nitrogen and oxygen atoms in total. The minimum atomic E-state index is -2.83. The molecule has 0 bridgehead atoms. The summed E-state index contributed by atoms with van der Waals surface area (Å²) < 4.78 is 27.0. The average molecular weight is 484 g/mol. The Balaban J connectivity index is 0.00000342. The average Bonchev–Trinajstić information content (AvgIpc) is 3.63. The monoisotopic (exact) mass is 483 g/mol. The largest absolute Gasteiger partial charge is 0.497 e. The Morgan fingerprint density at radius 3 is 2.29 bits per heavy atom. The van der Waals surface area contributed by atoms with Crippen LogP contribution in [0.4, 0.5) is 5.82 Å². The molecule has 3 aromatic rings. The van der Waals surface area contributed by atoms with Crippen molar-refractivity contribution < 1.29 is 20.1 Å². The lowest BCUT2D eigenvalue weighted by molar-refractivity contribution is -0.118. The maximum absolute atomic E-state index is 13.2. The van der Waals surface area contributed by atoms with Gasteiger partial charge in [0.15, 0.2) is 0 Å². The molecular weight excluding hydrogens is 450 g/mol. The number of aromatic nitrogens is 1. The Labute approximate surface area is 203 Å². The maximum Gasteiger partial charge on any atom is 0.236 e. The zero-order chi connectivity index (χ0) is 24.5. The normalized spacial score (nSPS) is 15.1. The third kappa shape index (κ3) is 4.95. The topological polar surface area (TPSA) is 94.9 Å². The second kappa shape index (κ2) is 9.38. The summed E-state index contributed by atoms with van der Waals surface area (Å²) in [6.07, 6.45) is 1.61. The highest BCUT2D eigenvalue weighted by atomic mass is 32.3. The van der Waals surface area contributed by atoms with Gasteiger partial charge < -0.3 is 10.1 Å². The van der Waals surface area contributed by atoms with Crippen molar-refractivity contribution in [1.82, 2.24) is 9.29 Å². The number of aryl methyl sites for hydroxylation is 1. The summed E-state index contributed by atoms with van der Waals surface area (Å²) in [6, 6.07) is 19.0. The van der Waals surface area contributed by atoms with Crippen LogP contribution in [-0.2, 0) is 16.0 Å². The summed E-state index contributed by atoms with van der Waals surface area (Å²) in [6.45, 7) is 1.98. The SMILES string of the molecule is COc1ccc(C2(C(=O)Nc3ccc(C)c(-c4ccc(CS(O)(O)N(C)C)cc4)n3)CC2)cc1.[HH]. The fourth-order valence-corrected chi connectivity index (χ4v) is 4.82. The van der Waals surface area contributed by atoms with Crippen LogP contribution in [0.15, 0.2) is 60.7 Å². The van der Waals surface area contributed by atoms with Gasteiger partial charge in [-0.25, -0.2) is 9.29 Å². The number of amides is 1. The van der Waals surface area contributed by atoms with Crippen molar-refractivity contribution >= 4 is 22.5 Å². The van der Waals surface area contributed by atoms with Crippen LogP contribution in [0.3, 0.4) is 0 Å². The molecule has 1 heterocycles. The number of carbonyl (C=O) groups is 1. The van der Waals surface area contributed by atoms with Gasteiger partial charge in [0.1, 0.15) is 11.6 Å². The van der Waals surface area contributed by atoms with Crippen molar-refractivity contribution in [3.63, 3.8) is 0 Å². The summed E-state index contributed by atoms with van der Waals surface area (Å²) in [4.78, 5) is 17.9. The van der Waals surface area contributed by atoms with Gasteiger partial charge in [0.05, 0.1) is 24.0 Å². The second-order valence-electron chi connectivity index (χ2n) is 8.91. The van der Waals surface area contributed by atoms with E-state index in [1.165, 1.54) is 4.31 Å². The molecule has 0 atom stereocenters. The molecule has 8 heteroatoms. The van der Waals surface area contributed by atoms with Gasteiger partial charge in [-0.3, -0.25) is 13.9 Å². The van der Waals surface area contributed by atoms with Gasteiger partial charge in [0.25, 0.3) is 0 Å². The lowest BCUT2D eigenvalue weighted by atomic mass is 9.95. The molecule has 4 rings (SSSR count). The number of rotatable bonds is 8. The molecule has 1 aliphatic rings. The number of benzene rings is 2. The van der Waals surface area contributed by atoms with E-state index in [-0.39, 0.29) is 13.1 Å². The molecule has 1 aliphatic carbocycles. The van der Waals surface area contributed by atoms with Crippen LogP contribution in [-0.4, -0.2) is 45.5 Å². The number of hydrogen-bond donors (Lipinski definition) is 3. The molecule has 34 heavy (non-hydrogen) atoms. The number of hydrogen-bond acceptors (Lipinski definition) is 6. The van der Waals surface area contributed by atoms with Crippen LogP contribution in [0.25, 0.3) is 11.3 Å². The lowest BCUT2D eigenvalue weighted by Gasteiger charge is -2.38. The zero-order valence-electron chi connectivity index (χ0n) is 19.9. The van der Waals surface area contributed by atoms with Crippen LogP contribution >= 0.6 is 10.8 Å². The molecule has 0 saturated heterocycles. The van der Waals surface area contributed by atoms with Crippen LogP contribution < -0.4 is 10.1 Å². The van der Waals surface area contributed by atoms with E-state index in [1.54, 1.807) is 21.2 Å². The van der Waals surface area contributed by atoms with Crippen molar-refractivity contribution in [3.8, 4) is 17.0 Å². The number of nitrogens with zero attached hydrogens (tertiary/aromatic N) is 2. The van der Waals surface area contributed by atoms with E-state index in [9.17, 15) is 13.9 Å². The number of nitrogens with one attached hydrogen (secondary N) is 1. The van der Waals surface area contributed by atoms with Crippen LogP contribution in [0, 0.1) is 6.92 Å². The summed E-state index contributed by atoms with van der Waals surface area (Å²) in [5.74, 6) is 1.39. The maximum atomic E-state index is 13.2. The van der Waals surface area contributed by atoms with Gasteiger partial charge >= 0.3 is 0 Å². The van der Waals surface area contributed by atoms with E-state index in [2.05, 4.69) is 5.32 Å². The van der Waals surface area contributed by atoms with Crippen molar-refractivity contribution in [2.24, 2.45) is 0 Å². The Morgan fingerprint density at radius 2 is 1.74 bits per heavy atom. The fraction of sp³-hybridized carbons (Fsp3) is 0.308. The summed E-state index contributed by atoms with van der Waals surface area (Å²) in [5.41, 5.74) is 3.95. The summed E-state index contributed by atoms with van der Waals surface area (Å²) in [5, 5.41) is 3.01. The number of carbonyl (C=O) groups excluding carboxylic acids is 1. The highest BCUT2D eigenvalue weighted by Crippen LogP contribution is 2.49. The molecule has 1 fully saturated rings. The first-order valence-electron chi connectivity index (χ1n) is 11.1. The predicted molar refractivity (Wildman–Crippen MR) is 139 cm³/mol. The predicted octanol–water partition coefficient (Wildman–Crippen LogP) is 5.71. The second-order valence-corrected chi connectivity index (χ2v) is 11.2. The molecule has 0 aliphatic heterocycles. The highest BCUT2D eigenvalue weighted by Gasteiger charge is 2.51. The van der Waals surface area contributed by atoms with Crippen molar-refractivity contribution in [2.45, 2.75) is 30.9 Å². The van der Waals surface area contributed by atoms with Gasteiger partial charge in [-0.05, 0) is 54.7 Å². The lowest BCUT2D eigenvalue weighted by Crippen LogP contribution is -2.28. The molecule has 2 aromatic carbocycles. The molecule has 1 saturated carbocycles. The summed E-state index contributed by atoms with van der Waals surface area (Å²) >= 11 is 0. The van der Waals surface area contributed by atoms with Gasteiger partial charge in [-0.15, -0.1) is 10.8 Å². The highest BCUT2D eigenvalue weighted by molar-refractivity contribution is 8.21. The Bertz CT molecular complexity index is 1180. The van der Waals surface area contributed by atoms with E-state index < -0.39 is 16.2 Å². The molecule has 1 aromatic heterocycles. The number of ether oxygens (including phenoxy) is 1. The van der Waals surface area contributed by atoms with Crippen LogP contribution in [0.2, 0.25) is 0 Å². The zero-order valence-corrected chi connectivity index (χ0v) is 20.7. The molecule has 0 radical (unpaired) electrons. The molecule has 3 N–H and O–H groups in total. The molecule has 0 unspecified atom stereocenters. The molecular formula is C26H33N3O4S. The first kappa shape index (κ1) is 24.2. The standard InChI is InChI=1S/C26H31N3O4S.H2/c1-18-5-14-23(28-25(30)26(15-16-26)21-10-12-22(33-4)13-11-21)27-24(18)20-8-6-19(7-9-20)17-34(31,32)29(2)3;/h5-14,31-32H,15-17H2,1-4H3,(H,27,28,30);1H. The van der Waals surface area contributed by atoms with E-state index in [4.69, 9.17) is 9.72 Å². The van der Waals surface area contributed by atoms with Crippen molar-refractivity contribution in [1.29, 1.82) is 0 Å². The van der Waals surface area contributed by atoms with Gasteiger partial charge in [-0.2, -0.15) is 0 Å². The minimum absolute atomic E-state index is 0. The van der Waals surface area contributed by atoms with Crippen LogP contribution in [0.1, 0.15) is 31.0 Å². The number of methoxy groups -OCH3 is 1. The first-order valence-corrected chi connectivity index (χ1v) is 12.8. The van der Waals surface area contributed by atoms with E-state index in [0.29, 0.717) is 5.82 Å². The van der Waals surface area contributed by atoms with Gasteiger partial charge in [0.2, 0.25) is 5.91 Å². The van der Waals surface area contributed by atoms with Crippen LogP contribution in [0.5, 0.6) is 5.75 Å². The van der Waals surface area contributed by atoms with E-state index in [0.717, 1.165) is 46.5 Å². The fourth-order valence-electron chi connectivity index (χ4n) is 3.92. The Kier molecular flexibility index (Phi) is 6.69. The molecule has 182 valence electrons. The minimum Gasteiger partial charge on any atom is -0.497 e.